The van der Waals surface area contributed by atoms with Gasteiger partial charge in [-0.05, 0) is 42.8 Å². The van der Waals surface area contributed by atoms with Crippen LogP contribution in [0.2, 0.25) is 0 Å². The summed E-state index contributed by atoms with van der Waals surface area (Å²) in [6.07, 6.45) is 0.528. The molecule has 0 bridgehead atoms. The molecule has 0 fully saturated rings. The van der Waals surface area contributed by atoms with Crippen LogP contribution >= 0.6 is 0 Å². The molecule has 3 aromatic rings. The number of halogens is 3. The van der Waals surface area contributed by atoms with E-state index in [4.69, 9.17) is 4.74 Å². The molecule has 0 N–H and O–H groups in total. The Bertz CT molecular complexity index is 1060. The van der Waals surface area contributed by atoms with Crippen molar-refractivity contribution < 1.29 is 22.7 Å². The molecule has 0 radical (unpaired) electrons. The predicted octanol–water partition coefficient (Wildman–Crippen LogP) is 3.91. The van der Waals surface area contributed by atoms with Crippen molar-refractivity contribution in [1.82, 2.24) is 14.7 Å². The topological polar surface area (TPSA) is 47.4 Å². The summed E-state index contributed by atoms with van der Waals surface area (Å²) in [5, 5.41) is 4.48. The van der Waals surface area contributed by atoms with E-state index in [1.165, 1.54) is 12.1 Å². The van der Waals surface area contributed by atoms with Crippen molar-refractivity contribution in [3.63, 3.8) is 0 Å². The number of rotatable bonds is 5. The number of nitrogens with zero attached hydrogens (tertiary/aromatic N) is 3. The second-order valence-electron chi connectivity index (χ2n) is 7.09. The number of fused-ring (bicyclic) bond motifs is 1. The smallest absolute Gasteiger partial charge is 0.254 e. The molecule has 8 heteroatoms. The van der Waals surface area contributed by atoms with E-state index in [9.17, 15) is 18.0 Å². The first-order chi connectivity index (χ1) is 14.5. The average Bonchev–Trinajstić information content (AvgIpc) is 3.06. The van der Waals surface area contributed by atoms with Crippen LogP contribution in [-0.2, 0) is 20.0 Å². The van der Waals surface area contributed by atoms with Crippen molar-refractivity contribution in [1.29, 1.82) is 0 Å². The fourth-order valence-electron chi connectivity index (χ4n) is 3.78. The molecule has 2 heterocycles. The van der Waals surface area contributed by atoms with Gasteiger partial charge in [0.2, 0.25) is 0 Å². The van der Waals surface area contributed by atoms with Crippen molar-refractivity contribution in [2.45, 2.75) is 13.0 Å². The third-order valence-corrected chi connectivity index (χ3v) is 5.07. The number of benzene rings is 2. The van der Waals surface area contributed by atoms with Crippen LogP contribution in [-0.4, -0.2) is 40.4 Å². The molecule has 0 saturated carbocycles. The van der Waals surface area contributed by atoms with Gasteiger partial charge in [0.25, 0.3) is 5.91 Å². The van der Waals surface area contributed by atoms with E-state index in [1.54, 1.807) is 40.9 Å². The summed E-state index contributed by atoms with van der Waals surface area (Å²) in [5.41, 5.74) is 3.17. The van der Waals surface area contributed by atoms with Crippen LogP contribution in [0.4, 0.5) is 13.2 Å². The first-order valence-corrected chi connectivity index (χ1v) is 9.55. The lowest BCUT2D eigenvalue weighted by molar-refractivity contribution is 0.0732. The number of hydrogen-bond donors (Lipinski definition) is 0. The fraction of sp³-hybridized carbons (Fsp3) is 0.273. The van der Waals surface area contributed by atoms with Crippen molar-refractivity contribution in [3.8, 4) is 17.0 Å². The second kappa shape index (κ2) is 8.22. The number of carbonyl (C=O) groups excluding carboxylic acids is 1. The Morgan fingerprint density at radius 3 is 2.50 bits per heavy atom. The standard InChI is InChI=1S/C22H20F3N3O2/c1-27-21(15-10-16(24)12-17(25)11-15)19-6-8-28(13-20(19)26-27)22(29)14-2-4-18(5-3-14)30-9-7-23/h2-5,10-12H,6-9,13H2,1H3. The molecule has 1 amide bonds. The number of hydrogen-bond acceptors (Lipinski definition) is 3. The van der Waals surface area contributed by atoms with Crippen LogP contribution in [0.25, 0.3) is 11.3 Å². The molecular formula is C22H20F3N3O2. The highest BCUT2D eigenvalue weighted by Crippen LogP contribution is 2.31. The molecule has 0 aliphatic carbocycles. The Labute approximate surface area is 171 Å². The Morgan fingerprint density at radius 2 is 1.83 bits per heavy atom. The zero-order valence-electron chi connectivity index (χ0n) is 16.4. The maximum Gasteiger partial charge on any atom is 0.254 e. The fourth-order valence-corrected chi connectivity index (χ4v) is 3.78. The normalized spacial score (nSPS) is 13.3. The molecule has 1 aliphatic rings. The highest BCUT2D eigenvalue weighted by Gasteiger charge is 2.28. The highest BCUT2D eigenvalue weighted by atomic mass is 19.1. The van der Waals surface area contributed by atoms with Gasteiger partial charge in [0.05, 0.1) is 17.9 Å². The van der Waals surface area contributed by atoms with Crippen LogP contribution in [0.1, 0.15) is 21.6 Å². The maximum absolute atomic E-state index is 13.7. The van der Waals surface area contributed by atoms with Gasteiger partial charge in [-0.1, -0.05) is 0 Å². The van der Waals surface area contributed by atoms with Crippen LogP contribution in [0.5, 0.6) is 5.75 Å². The number of ether oxygens (including phenoxy) is 1. The van der Waals surface area contributed by atoms with Gasteiger partial charge in [0, 0.05) is 36.3 Å². The lowest BCUT2D eigenvalue weighted by Gasteiger charge is -2.26. The van der Waals surface area contributed by atoms with E-state index >= 15 is 0 Å². The summed E-state index contributed by atoms with van der Waals surface area (Å²) in [6, 6.07) is 9.95. The molecule has 5 nitrogen and oxygen atoms in total. The zero-order valence-corrected chi connectivity index (χ0v) is 16.4. The Hall–Kier alpha value is -3.29. The summed E-state index contributed by atoms with van der Waals surface area (Å²) in [5.74, 6) is -0.943. The van der Waals surface area contributed by atoms with Gasteiger partial charge in [-0.15, -0.1) is 0 Å². The summed E-state index contributed by atoms with van der Waals surface area (Å²) >= 11 is 0. The average molecular weight is 415 g/mol. The predicted molar refractivity (Wildman–Crippen MR) is 105 cm³/mol. The minimum absolute atomic E-state index is 0.0284. The highest BCUT2D eigenvalue weighted by molar-refractivity contribution is 5.94. The molecule has 1 aromatic heterocycles. The summed E-state index contributed by atoms with van der Waals surface area (Å²) in [7, 11) is 1.72. The molecule has 0 spiro atoms. The number of aryl methyl sites for hydroxylation is 1. The number of aromatic nitrogens is 2. The number of carbonyl (C=O) groups is 1. The minimum atomic E-state index is -0.647. The van der Waals surface area contributed by atoms with Gasteiger partial charge in [0.15, 0.2) is 0 Å². The van der Waals surface area contributed by atoms with Gasteiger partial charge in [-0.25, -0.2) is 13.2 Å². The molecule has 2 aromatic carbocycles. The van der Waals surface area contributed by atoms with Crippen molar-refractivity contribution in [2.24, 2.45) is 7.05 Å². The van der Waals surface area contributed by atoms with Gasteiger partial charge in [-0.3, -0.25) is 9.48 Å². The second-order valence-corrected chi connectivity index (χ2v) is 7.09. The van der Waals surface area contributed by atoms with E-state index in [0.717, 1.165) is 11.6 Å². The maximum atomic E-state index is 13.7. The van der Waals surface area contributed by atoms with E-state index in [0.29, 0.717) is 47.8 Å². The van der Waals surface area contributed by atoms with Crippen molar-refractivity contribution >= 4 is 5.91 Å². The molecule has 156 valence electrons. The largest absolute Gasteiger partial charge is 0.491 e. The monoisotopic (exact) mass is 415 g/mol. The quantitative estimate of drug-likeness (QED) is 0.635. The van der Waals surface area contributed by atoms with Crippen molar-refractivity contribution in [3.05, 3.63) is 70.9 Å². The lowest BCUT2D eigenvalue weighted by Crippen LogP contribution is -2.35. The van der Waals surface area contributed by atoms with Gasteiger partial charge in [-0.2, -0.15) is 5.10 Å². The summed E-state index contributed by atoms with van der Waals surface area (Å²) in [4.78, 5) is 14.6. The van der Waals surface area contributed by atoms with E-state index in [-0.39, 0.29) is 12.5 Å². The van der Waals surface area contributed by atoms with Crippen LogP contribution in [0, 0.1) is 11.6 Å². The molecule has 0 atom stereocenters. The molecule has 0 unspecified atom stereocenters. The number of alkyl halides is 1. The van der Waals surface area contributed by atoms with Gasteiger partial charge < -0.3 is 9.64 Å². The van der Waals surface area contributed by atoms with Crippen LogP contribution in [0.3, 0.4) is 0 Å². The molecule has 30 heavy (non-hydrogen) atoms. The zero-order chi connectivity index (χ0) is 21.3. The third-order valence-electron chi connectivity index (χ3n) is 5.07. The Balaban J connectivity index is 1.55. The van der Waals surface area contributed by atoms with Crippen LogP contribution < -0.4 is 4.74 Å². The molecule has 0 saturated heterocycles. The third kappa shape index (κ3) is 3.90. The summed E-state index contributed by atoms with van der Waals surface area (Å²) in [6.45, 7) is 0.160. The van der Waals surface area contributed by atoms with E-state index < -0.39 is 18.3 Å². The van der Waals surface area contributed by atoms with E-state index in [1.807, 2.05) is 0 Å². The Morgan fingerprint density at radius 1 is 1.13 bits per heavy atom. The summed E-state index contributed by atoms with van der Waals surface area (Å²) < 4.78 is 46.4. The number of amides is 1. The van der Waals surface area contributed by atoms with Gasteiger partial charge in [0.1, 0.15) is 30.7 Å². The Kier molecular flexibility index (Phi) is 5.48. The molecule has 1 aliphatic heterocycles. The van der Waals surface area contributed by atoms with E-state index in [2.05, 4.69) is 5.10 Å². The van der Waals surface area contributed by atoms with Crippen molar-refractivity contribution in [2.75, 3.05) is 19.8 Å². The lowest BCUT2D eigenvalue weighted by atomic mass is 9.99. The van der Waals surface area contributed by atoms with Gasteiger partial charge >= 0.3 is 0 Å². The minimum Gasteiger partial charge on any atom is -0.491 e. The SMILES string of the molecule is Cn1nc2c(c1-c1cc(F)cc(F)c1)CCN(C(=O)c1ccc(OCCF)cc1)C2. The first-order valence-electron chi connectivity index (χ1n) is 9.55. The van der Waals surface area contributed by atoms with Crippen LogP contribution in [0.15, 0.2) is 42.5 Å². The first kappa shape index (κ1) is 20.0. The molecular weight excluding hydrogens is 395 g/mol. The molecule has 4 rings (SSSR count).